The topological polar surface area (TPSA) is 8.17 Å². The molecule has 15 rings (SSSR count). The number of hydrogen-bond acceptors (Lipinski definition) is 1. The molecule has 0 bridgehead atoms. The molecule has 2 heteroatoms. The van der Waals surface area contributed by atoms with E-state index in [1.54, 1.807) is 0 Å². The second kappa shape index (κ2) is 17.7. The van der Waals surface area contributed by atoms with Gasteiger partial charge in [-0.05, 0) is 170 Å². The zero-order valence-electron chi connectivity index (χ0n) is 43.0. The summed E-state index contributed by atoms with van der Waals surface area (Å²) >= 11 is 0. The summed E-state index contributed by atoms with van der Waals surface area (Å²) in [5.74, 6) is 0. The Morgan fingerprint density at radius 1 is 0.286 bits per heavy atom. The molecule has 77 heavy (non-hydrogen) atoms. The molecule has 0 saturated carbocycles. The lowest BCUT2D eigenvalue weighted by Crippen LogP contribution is -2.26. The first-order chi connectivity index (χ1) is 38.0. The summed E-state index contributed by atoms with van der Waals surface area (Å²) in [6, 6.07) is 104. The minimum absolute atomic E-state index is 0.469. The zero-order chi connectivity index (χ0) is 51.2. The maximum absolute atomic E-state index is 2.50. The van der Waals surface area contributed by atoms with Gasteiger partial charge in [-0.15, -0.1) is 0 Å². The minimum Gasteiger partial charge on any atom is -0.310 e. The zero-order valence-corrected chi connectivity index (χ0v) is 43.0. The highest BCUT2D eigenvalue weighted by atomic mass is 15.1. The van der Waals surface area contributed by atoms with Crippen molar-refractivity contribution in [3.05, 3.63) is 312 Å². The molecule has 0 N–H and O–H groups in total. The molecule has 13 aromatic rings. The van der Waals surface area contributed by atoms with Gasteiger partial charge < -0.3 is 9.47 Å². The minimum atomic E-state index is -0.469. The van der Waals surface area contributed by atoms with Crippen LogP contribution in [0.5, 0.6) is 0 Å². The van der Waals surface area contributed by atoms with Crippen molar-refractivity contribution in [2.75, 3.05) is 4.90 Å². The summed E-state index contributed by atoms with van der Waals surface area (Å²) in [7, 11) is 0. The summed E-state index contributed by atoms with van der Waals surface area (Å²) < 4.78 is 2.40. The van der Waals surface area contributed by atoms with Crippen LogP contribution in [0, 0.1) is 13.8 Å². The van der Waals surface area contributed by atoms with Crippen molar-refractivity contribution >= 4 is 38.9 Å². The van der Waals surface area contributed by atoms with Gasteiger partial charge in [0.25, 0.3) is 0 Å². The van der Waals surface area contributed by atoms with Gasteiger partial charge in [-0.2, -0.15) is 0 Å². The van der Waals surface area contributed by atoms with Crippen molar-refractivity contribution in [2.45, 2.75) is 19.3 Å². The van der Waals surface area contributed by atoms with Gasteiger partial charge in [0.05, 0.1) is 22.1 Å². The number of fused-ring (bicyclic) bond motifs is 13. The molecule has 0 amide bonds. The number of aromatic nitrogens is 1. The molecule has 0 aliphatic heterocycles. The van der Waals surface area contributed by atoms with Crippen LogP contribution < -0.4 is 4.90 Å². The molecule has 1 spiro atoms. The van der Waals surface area contributed by atoms with Crippen LogP contribution in [0.1, 0.15) is 33.4 Å². The lowest BCUT2D eigenvalue weighted by atomic mass is 9.70. The Morgan fingerprint density at radius 3 is 1.23 bits per heavy atom. The molecule has 0 radical (unpaired) electrons. The lowest BCUT2D eigenvalue weighted by Gasteiger charge is -2.33. The first kappa shape index (κ1) is 44.7. The van der Waals surface area contributed by atoms with Crippen LogP contribution in [0.2, 0.25) is 0 Å². The van der Waals surface area contributed by atoms with Crippen LogP contribution in [0.3, 0.4) is 0 Å². The van der Waals surface area contributed by atoms with E-state index < -0.39 is 5.41 Å². The fourth-order valence-electron chi connectivity index (χ4n) is 13.0. The normalized spacial score (nSPS) is 12.6. The Balaban J connectivity index is 0.835. The molecule has 2 aliphatic rings. The van der Waals surface area contributed by atoms with Gasteiger partial charge in [-0.25, -0.2) is 0 Å². The molecule has 0 atom stereocenters. The molecule has 362 valence electrons. The number of hydrogen-bond donors (Lipinski definition) is 0. The van der Waals surface area contributed by atoms with Crippen molar-refractivity contribution in [3.8, 4) is 72.4 Å². The van der Waals surface area contributed by atoms with Crippen LogP contribution >= 0.6 is 0 Å². The molecule has 2 nitrogen and oxygen atoms in total. The monoisotopic (exact) mass is 980 g/mol. The van der Waals surface area contributed by atoms with E-state index in [-0.39, 0.29) is 0 Å². The average molecular weight is 981 g/mol. The molecule has 1 aromatic heterocycles. The van der Waals surface area contributed by atoms with E-state index in [0.717, 1.165) is 39.4 Å². The van der Waals surface area contributed by atoms with E-state index in [1.165, 1.54) is 105 Å². The molecule has 12 aromatic carbocycles. The molecule has 0 fully saturated rings. The Bertz CT molecular complexity index is 4310. The van der Waals surface area contributed by atoms with E-state index in [9.17, 15) is 0 Å². The SMILES string of the molecule is Cc1ccc2c(c1)c1cc(C)ccc1n2-c1ccc(-c2ccc(-c3ccc(N(c4ccc5c(c4)C4(c6ccccc6-c6ccccc64)c4ccccc4-5)c4ccc(-c5ccccc5)cc4-c4ccccc4)cc3)cc2)cc1. The second-order valence-electron chi connectivity index (χ2n) is 21.0. The number of aryl methyl sites for hydroxylation is 2. The van der Waals surface area contributed by atoms with Crippen molar-refractivity contribution in [1.29, 1.82) is 0 Å². The van der Waals surface area contributed by atoms with Gasteiger partial charge in [0.15, 0.2) is 0 Å². The Labute approximate surface area is 450 Å². The molecular formula is C75H52N2. The van der Waals surface area contributed by atoms with E-state index in [1.807, 2.05) is 0 Å². The second-order valence-corrected chi connectivity index (χ2v) is 21.0. The summed E-state index contributed by atoms with van der Waals surface area (Å²) in [5, 5.41) is 2.59. The number of nitrogens with zero attached hydrogens (tertiary/aromatic N) is 2. The first-order valence-corrected chi connectivity index (χ1v) is 26.8. The van der Waals surface area contributed by atoms with Crippen LogP contribution in [-0.2, 0) is 5.41 Å². The van der Waals surface area contributed by atoms with E-state index >= 15 is 0 Å². The number of anilines is 3. The van der Waals surface area contributed by atoms with Crippen molar-refractivity contribution < 1.29 is 0 Å². The maximum atomic E-state index is 2.50. The van der Waals surface area contributed by atoms with Crippen molar-refractivity contribution in [2.24, 2.45) is 0 Å². The molecule has 0 saturated heterocycles. The summed E-state index contributed by atoms with van der Waals surface area (Å²) in [4.78, 5) is 2.48. The van der Waals surface area contributed by atoms with Gasteiger partial charge in [0.1, 0.15) is 0 Å². The Morgan fingerprint density at radius 2 is 0.701 bits per heavy atom. The summed E-state index contributed by atoms with van der Waals surface area (Å²) in [5.41, 5.74) is 28.9. The van der Waals surface area contributed by atoms with Crippen LogP contribution in [0.15, 0.2) is 279 Å². The van der Waals surface area contributed by atoms with E-state index in [0.29, 0.717) is 0 Å². The van der Waals surface area contributed by atoms with Crippen molar-refractivity contribution in [3.63, 3.8) is 0 Å². The molecule has 0 unspecified atom stereocenters. The summed E-state index contributed by atoms with van der Waals surface area (Å²) in [6.07, 6.45) is 0. The van der Waals surface area contributed by atoms with Gasteiger partial charge in [-0.3, -0.25) is 0 Å². The summed E-state index contributed by atoms with van der Waals surface area (Å²) in [6.45, 7) is 4.35. The number of benzene rings is 12. The predicted octanol–water partition coefficient (Wildman–Crippen LogP) is 19.9. The third kappa shape index (κ3) is 7.03. The van der Waals surface area contributed by atoms with Crippen LogP contribution in [0.25, 0.3) is 94.3 Å². The first-order valence-electron chi connectivity index (χ1n) is 26.8. The van der Waals surface area contributed by atoms with E-state index in [4.69, 9.17) is 0 Å². The molecular weight excluding hydrogens is 929 g/mol. The maximum Gasteiger partial charge on any atom is 0.0726 e. The fraction of sp³-hybridized carbons (Fsp3) is 0.0400. The van der Waals surface area contributed by atoms with Gasteiger partial charge >= 0.3 is 0 Å². The third-order valence-corrected chi connectivity index (χ3v) is 16.5. The molecule has 2 aliphatic carbocycles. The Hall–Kier alpha value is -9.76. The smallest absolute Gasteiger partial charge is 0.0726 e. The van der Waals surface area contributed by atoms with Gasteiger partial charge in [0.2, 0.25) is 0 Å². The highest BCUT2D eigenvalue weighted by molar-refractivity contribution is 6.10. The largest absolute Gasteiger partial charge is 0.310 e. The van der Waals surface area contributed by atoms with Gasteiger partial charge in [-0.1, -0.05) is 217 Å². The fourth-order valence-corrected chi connectivity index (χ4v) is 13.0. The lowest BCUT2D eigenvalue weighted by molar-refractivity contribution is 0.793. The quantitative estimate of drug-likeness (QED) is 0.147. The third-order valence-electron chi connectivity index (χ3n) is 16.5. The standard InChI is InChI=1S/C75H52N2/c1-49-25-42-73-66(45-49)67-46-50(2)26-43-74(67)77(73)59-38-33-55(34-39-59)53-29-27-52(28-30-53)54-31-36-58(37-32-54)76(72-44-35-57(51-15-5-3-6-16-51)47-65(72)56-17-7-4-8-18-56)60-40-41-64-63-21-11-14-24-70(63)75(71(64)48-60)68-22-12-9-19-61(68)62-20-10-13-23-69(62)75/h3-48H,1-2H3. The average Bonchev–Trinajstić information content (AvgIpc) is 4.23. The number of rotatable bonds is 8. The highest BCUT2D eigenvalue weighted by Gasteiger charge is 2.51. The van der Waals surface area contributed by atoms with Gasteiger partial charge in [0, 0.05) is 33.4 Å². The Kier molecular flexibility index (Phi) is 10.3. The van der Waals surface area contributed by atoms with E-state index in [2.05, 4.69) is 302 Å². The highest BCUT2D eigenvalue weighted by Crippen LogP contribution is 2.63. The van der Waals surface area contributed by atoms with Crippen LogP contribution in [0.4, 0.5) is 17.1 Å². The van der Waals surface area contributed by atoms with Crippen molar-refractivity contribution in [1.82, 2.24) is 4.57 Å². The predicted molar refractivity (Wildman–Crippen MR) is 323 cm³/mol. The molecule has 1 heterocycles. The van der Waals surface area contributed by atoms with Crippen LogP contribution in [-0.4, -0.2) is 4.57 Å².